The van der Waals surface area contributed by atoms with E-state index in [1.165, 1.54) is 25.7 Å². The number of methoxy groups -OCH3 is 4. The summed E-state index contributed by atoms with van der Waals surface area (Å²) in [5.74, 6) is 2.42. The molecular weight excluding hydrogens is 1120 g/mol. The highest BCUT2D eigenvalue weighted by Gasteiger charge is 2.42. The molecule has 488 valence electrons. The van der Waals surface area contributed by atoms with Crippen LogP contribution in [0.2, 0.25) is 0 Å². The molecule has 2 aliphatic heterocycles. The molecule has 4 aliphatic rings. The number of benzene rings is 2. The first-order valence-electron chi connectivity index (χ1n) is 32.1. The van der Waals surface area contributed by atoms with Gasteiger partial charge >= 0.3 is 6.09 Å². The summed E-state index contributed by atoms with van der Waals surface area (Å²) in [6.45, 7) is 25.1. The Balaban J connectivity index is 0.000000369. The highest BCUT2D eigenvalue weighted by Crippen LogP contribution is 2.35. The van der Waals surface area contributed by atoms with Gasteiger partial charge in [0.15, 0.2) is 23.0 Å². The fraction of sp³-hybridized carbons (Fsp3) is 0.746. The van der Waals surface area contributed by atoms with Crippen LogP contribution >= 0.6 is 12.4 Å². The van der Waals surface area contributed by atoms with Gasteiger partial charge in [-0.25, -0.2) is 4.79 Å². The minimum Gasteiger partial charge on any atom is -0.493 e. The molecule has 18 nitrogen and oxygen atoms in total. The van der Waals surface area contributed by atoms with E-state index < -0.39 is 11.7 Å². The number of nitrogens with one attached hydrogen (secondary N) is 1. The molecule has 2 aromatic rings. The maximum atomic E-state index is 14.1. The zero-order valence-electron chi connectivity index (χ0n) is 55.3. The molecule has 19 heteroatoms. The summed E-state index contributed by atoms with van der Waals surface area (Å²) < 4.78 is 38.9. The van der Waals surface area contributed by atoms with E-state index in [-0.39, 0.29) is 96.8 Å². The summed E-state index contributed by atoms with van der Waals surface area (Å²) in [7, 11) is 6.48. The average Bonchev–Trinajstić information content (AvgIpc) is 1.49. The monoisotopic (exact) mass is 1230 g/mol. The third-order valence-corrected chi connectivity index (χ3v) is 16.9. The van der Waals surface area contributed by atoms with E-state index in [0.717, 1.165) is 57.8 Å². The standard InChI is InChI=1S/C36H59N3O7.C31H51N3O5.ClH/c1-25(2)38(28-14-11-10-12-15-28)33(40)23-29-17-18-30(24-37(29)35(42)46-36(5,6)7)39(26(3)4)34(41)27-16-19-31(44-9)32(22-27)45-21-13-20-43-8;1-22(2)33(26-11-8-7-9-12-26)30(35)20-25-14-15-27(21-32-25)34(23(3)4)31(36)24-13-16-28(38-6)29(19-24)39-18-10-17-37-5;/h16,19,22,25-26,28-30H,10-15,17-18,20-21,23-24H2,1-9H3;13,16,19,22-23,25-27,32H,7-12,14-15,17-18,20-21H2,1-6H3;1H/t29-,30-;25-,27-;/m11./s1. The molecule has 2 aromatic carbocycles. The first-order chi connectivity index (χ1) is 40.5. The molecule has 2 saturated heterocycles. The Kier molecular flexibility index (Phi) is 31.1. The molecule has 2 aliphatic carbocycles. The summed E-state index contributed by atoms with van der Waals surface area (Å²) >= 11 is 0. The van der Waals surface area contributed by atoms with E-state index in [2.05, 4.69) is 56.7 Å². The van der Waals surface area contributed by atoms with Crippen molar-refractivity contribution in [3.63, 3.8) is 0 Å². The number of hydrogen-bond donors (Lipinski definition) is 1. The van der Waals surface area contributed by atoms with E-state index >= 15 is 0 Å². The summed E-state index contributed by atoms with van der Waals surface area (Å²) in [6.07, 6.45) is 16.3. The van der Waals surface area contributed by atoms with Gasteiger partial charge in [-0.3, -0.25) is 19.2 Å². The molecule has 0 spiro atoms. The van der Waals surface area contributed by atoms with Crippen LogP contribution in [-0.2, 0) is 23.8 Å². The van der Waals surface area contributed by atoms with E-state index in [4.69, 9.17) is 33.2 Å². The van der Waals surface area contributed by atoms with Crippen molar-refractivity contribution in [3.05, 3.63) is 47.5 Å². The number of ether oxygens (including phenoxy) is 7. The van der Waals surface area contributed by atoms with Crippen molar-refractivity contribution in [1.29, 1.82) is 0 Å². The van der Waals surface area contributed by atoms with Crippen molar-refractivity contribution in [3.8, 4) is 23.0 Å². The first kappa shape index (κ1) is 73.4. The van der Waals surface area contributed by atoms with Crippen molar-refractivity contribution in [2.75, 3.05) is 68.0 Å². The predicted octanol–water partition coefficient (Wildman–Crippen LogP) is 12.2. The van der Waals surface area contributed by atoms with E-state index in [1.807, 2.05) is 50.5 Å². The zero-order chi connectivity index (χ0) is 62.4. The predicted molar refractivity (Wildman–Crippen MR) is 341 cm³/mol. The van der Waals surface area contributed by atoms with Gasteiger partial charge in [0.25, 0.3) is 11.8 Å². The minimum absolute atomic E-state index is 0. The number of nitrogens with zero attached hydrogens (tertiary/aromatic N) is 5. The van der Waals surface area contributed by atoms with E-state index in [0.29, 0.717) is 105 Å². The molecule has 0 unspecified atom stereocenters. The maximum Gasteiger partial charge on any atom is 0.410 e. The molecule has 0 bridgehead atoms. The lowest BCUT2D eigenvalue weighted by Crippen LogP contribution is -2.58. The lowest BCUT2D eigenvalue weighted by Gasteiger charge is -2.46. The van der Waals surface area contributed by atoms with Crippen molar-refractivity contribution in [1.82, 2.24) is 29.8 Å². The number of likely N-dealkylation sites (tertiary alicyclic amines) is 1. The molecule has 1 N–H and O–H groups in total. The lowest BCUT2D eigenvalue weighted by atomic mass is 9.91. The average molecular weight is 1230 g/mol. The quantitative estimate of drug-likeness (QED) is 0.0881. The Morgan fingerprint density at radius 1 is 0.523 bits per heavy atom. The van der Waals surface area contributed by atoms with Gasteiger partial charge in [0.05, 0.1) is 33.5 Å². The van der Waals surface area contributed by atoms with Gasteiger partial charge in [-0.1, -0.05) is 38.5 Å². The van der Waals surface area contributed by atoms with Gasteiger partial charge < -0.3 is 63.0 Å². The Bertz CT molecular complexity index is 2380. The number of piperidine rings is 2. The molecule has 2 heterocycles. The van der Waals surface area contributed by atoms with Crippen LogP contribution in [0.4, 0.5) is 4.79 Å². The molecule has 6 rings (SSSR count). The fourth-order valence-electron chi connectivity index (χ4n) is 13.0. The number of carbonyl (C=O) groups excluding carboxylic acids is 5. The molecule has 4 fully saturated rings. The molecule has 0 aromatic heterocycles. The fourth-order valence-corrected chi connectivity index (χ4v) is 13.0. The van der Waals surface area contributed by atoms with Crippen LogP contribution in [0.3, 0.4) is 0 Å². The molecule has 86 heavy (non-hydrogen) atoms. The third-order valence-electron chi connectivity index (χ3n) is 16.9. The topological polar surface area (TPSA) is 178 Å². The molecule has 5 amide bonds. The number of carbonyl (C=O) groups is 5. The van der Waals surface area contributed by atoms with Crippen LogP contribution in [0.25, 0.3) is 0 Å². The molecule has 0 radical (unpaired) electrons. The maximum absolute atomic E-state index is 14.1. The number of hydrogen-bond acceptors (Lipinski definition) is 13. The van der Waals surface area contributed by atoms with Crippen molar-refractivity contribution in [2.24, 2.45) is 0 Å². The van der Waals surface area contributed by atoms with E-state index in [9.17, 15) is 24.0 Å². The second-order valence-corrected chi connectivity index (χ2v) is 25.9. The van der Waals surface area contributed by atoms with Crippen LogP contribution in [0.5, 0.6) is 23.0 Å². The van der Waals surface area contributed by atoms with Gasteiger partial charge in [0, 0.05) is 132 Å². The third kappa shape index (κ3) is 21.6. The van der Waals surface area contributed by atoms with Crippen molar-refractivity contribution in [2.45, 2.75) is 258 Å². The number of amides is 5. The van der Waals surface area contributed by atoms with Crippen LogP contribution in [0.15, 0.2) is 36.4 Å². The summed E-state index contributed by atoms with van der Waals surface area (Å²) in [6, 6.07) is 11.1. The SMILES string of the molecule is COCCCOc1cc(C(=O)N(C(C)C)[C@@H]2CC[C@H](CC(=O)N(C(C)C)C3CCCCC3)N(C(=O)OC(C)(C)C)C2)ccc1OC.COCCCOc1cc(C(=O)N(C(C)C)[C@@H]2CC[C@H](CC(=O)N(C(C)C)C3CCCCC3)NC2)ccc1OC.Cl. The highest BCUT2D eigenvalue weighted by atomic mass is 35.5. The lowest BCUT2D eigenvalue weighted by molar-refractivity contribution is -0.138. The Morgan fingerprint density at radius 2 is 0.953 bits per heavy atom. The Hall–Kier alpha value is -5.04. The second-order valence-electron chi connectivity index (χ2n) is 25.9. The van der Waals surface area contributed by atoms with Crippen molar-refractivity contribution >= 4 is 42.1 Å². The molecule has 4 atom stereocenters. The highest BCUT2D eigenvalue weighted by molar-refractivity contribution is 5.96. The largest absolute Gasteiger partial charge is 0.493 e. The zero-order valence-corrected chi connectivity index (χ0v) is 56.1. The van der Waals surface area contributed by atoms with Crippen LogP contribution < -0.4 is 24.3 Å². The summed E-state index contributed by atoms with van der Waals surface area (Å²) in [5.41, 5.74) is 0.377. The van der Waals surface area contributed by atoms with E-state index in [1.54, 1.807) is 63.7 Å². The minimum atomic E-state index is -0.693. The van der Waals surface area contributed by atoms with Gasteiger partial charge in [-0.15, -0.1) is 12.4 Å². The smallest absolute Gasteiger partial charge is 0.410 e. The molecule has 2 saturated carbocycles. The number of halogens is 1. The Labute approximate surface area is 523 Å². The molecular formula is C67H111ClN6O12. The second kappa shape index (κ2) is 36.4. The first-order valence-corrected chi connectivity index (χ1v) is 32.1. The van der Waals surface area contributed by atoms with Gasteiger partial charge in [0.1, 0.15) is 5.60 Å². The van der Waals surface area contributed by atoms with Crippen LogP contribution in [0.1, 0.15) is 212 Å². The van der Waals surface area contributed by atoms with Gasteiger partial charge in [-0.2, -0.15) is 0 Å². The van der Waals surface area contributed by atoms with Crippen LogP contribution in [-0.4, -0.2) is 188 Å². The summed E-state index contributed by atoms with van der Waals surface area (Å²) in [5, 5.41) is 3.61. The summed E-state index contributed by atoms with van der Waals surface area (Å²) in [4.78, 5) is 78.5. The van der Waals surface area contributed by atoms with Crippen molar-refractivity contribution < 1.29 is 57.1 Å². The number of rotatable bonds is 26. The van der Waals surface area contributed by atoms with Gasteiger partial charge in [0.2, 0.25) is 11.8 Å². The Morgan fingerprint density at radius 3 is 1.35 bits per heavy atom. The van der Waals surface area contributed by atoms with Crippen LogP contribution in [0, 0.1) is 0 Å². The van der Waals surface area contributed by atoms with Gasteiger partial charge in [-0.05, 0) is 164 Å². The normalized spacial score (nSPS) is 19.5.